The minimum absolute atomic E-state index is 0.0804. The zero-order valence-electron chi connectivity index (χ0n) is 15.7. The molecule has 0 aliphatic carbocycles. The van der Waals surface area contributed by atoms with E-state index in [-0.39, 0.29) is 11.8 Å². The van der Waals surface area contributed by atoms with Gasteiger partial charge in [0.1, 0.15) is 11.4 Å². The standard InChI is InChI=1S/C21H20BrF3N4/c1-2-3-5-14-8-10-16(11-9-14)28-20-26-13-18(21(23,24)25)19(29-20)27-17-7-4-6-15(22)12-17/h4,6-13H,2-3,5H2,1H3,(H2,26,27,28,29). The minimum atomic E-state index is -4.58. The molecule has 0 fully saturated rings. The van der Waals surface area contributed by atoms with E-state index in [1.165, 1.54) is 5.56 Å². The molecule has 152 valence electrons. The number of alkyl halides is 3. The zero-order chi connectivity index (χ0) is 20.9. The van der Waals surface area contributed by atoms with Gasteiger partial charge in [0.2, 0.25) is 5.95 Å². The van der Waals surface area contributed by atoms with Crippen molar-refractivity contribution in [3.63, 3.8) is 0 Å². The summed E-state index contributed by atoms with van der Waals surface area (Å²) in [6.07, 6.45) is -0.570. The van der Waals surface area contributed by atoms with E-state index >= 15 is 0 Å². The highest BCUT2D eigenvalue weighted by Gasteiger charge is 2.35. The summed E-state index contributed by atoms with van der Waals surface area (Å²) < 4.78 is 40.9. The average Bonchev–Trinajstić information content (AvgIpc) is 2.67. The Morgan fingerprint density at radius 2 is 1.76 bits per heavy atom. The molecule has 0 saturated carbocycles. The van der Waals surface area contributed by atoms with Crippen LogP contribution in [0, 0.1) is 0 Å². The van der Waals surface area contributed by atoms with Gasteiger partial charge in [-0.1, -0.05) is 47.5 Å². The molecule has 29 heavy (non-hydrogen) atoms. The van der Waals surface area contributed by atoms with E-state index in [4.69, 9.17) is 0 Å². The minimum Gasteiger partial charge on any atom is -0.340 e. The fourth-order valence-corrected chi connectivity index (χ4v) is 3.11. The molecule has 0 radical (unpaired) electrons. The number of nitrogens with zero attached hydrogens (tertiary/aromatic N) is 2. The van der Waals surface area contributed by atoms with E-state index in [2.05, 4.69) is 43.5 Å². The van der Waals surface area contributed by atoms with Crippen LogP contribution in [0.25, 0.3) is 0 Å². The molecule has 1 aromatic heterocycles. The van der Waals surface area contributed by atoms with Crippen LogP contribution in [0.5, 0.6) is 0 Å². The number of unbranched alkanes of at least 4 members (excludes halogenated alkanes) is 1. The maximum absolute atomic E-state index is 13.4. The van der Waals surface area contributed by atoms with Gasteiger partial charge in [-0.15, -0.1) is 0 Å². The number of halogens is 4. The summed E-state index contributed by atoms with van der Waals surface area (Å²) in [6.45, 7) is 2.14. The zero-order valence-corrected chi connectivity index (χ0v) is 17.3. The molecule has 4 nitrogen and oxygen atoms in total. The smallest absolute Gasteiger partial charge is 0.340 e. The number of hydrogen-bond acceptors (Lipinski definition) is 4. The van der Waals surface area contributed by atoms with Crippen LogP contribution >= 0.6 is 15.9 Å². The Kier molecular flexibility index (Phi) is 6.74. The Morgan fingerprint density at radius 1 is 1.00 bits per heavy atom. The number of nitrogens with one attached hydrogen (secondary N) is 2. The predicted molar refractivity (Wildman–Crippen MR) is 113 cm³/mol. The lowest BCUT2D eigenvalue weighted by Gasteiger charge is -2.15. The summed E-state index contributed by atoms with van der Waals surface area (Å²) >= 11 is 3.31. The van der Waals surface area contributed by atoms with Gasteiger partial charge in [0.05, 0.1) is 0 Å². The maximum atomic E-state index is 13.4. The summed E-state index contributed by atoms with van der Waals surface area (Å²) in [7, 11) is 0. The van der Waals surface area contributed by atoms with E-state index in [9.17, 15) is 13.2 Å². The van der Waals surface area contributed by atoms with Gasteiger partial charge in [-0.25, -0.2) is 4.98 Å². The van der Waals surface area contributed by atoms with E-state index in [0.717, 1.165) is 29.9 Å². The van der Waals surface area contributed by atoms with Crippen molar-refractivity contribution in [2.45, 2.75) is 32.4 Å². The number of hydrogen-bond donors (Lipinski definition) is 2. The van der Waals surface area contributed by atoms with E-state index < -0.39 is 11.7 Å². The van der Waals surface area contributed by atoms with Gasteiger partial charge < -0.3 is 10.6 Å². The van der Waals surface area contributed by atoms with Crippen LogP contribution in [0.1, 0.15) is 30.9 Å². The molecule has 0 aliphatic rings. The molecule has 3 aromatic rings. The molecule has 8 heteroatoms. The molecular weight excluding hydrogens is 445 g/mol. The van der Waals surface area contributed by atoms with Crippen LogP contribution in [-0.4, -0.2) is 9.97 Å². The van der Waals surface area contributed by atoms with Crippen LogP contribution in [-0.2, 0) is 12.6 Å². The molecule has 1 heterocycles. The van der Waals surface area contributed by atoms with E-state index in [0.29, 0.717) is 11.4 Å². The van der Waals surface area contributed by atoms with Crippen molar-refractivity contribution in [1.29, 1.82) is 0 Å². The molecule has 0 saturated heterocycles. The Balaban J connectivity index is 1.84. The number of anilines is 4. The largest absolute Gasteiger partial charge is 0.421 e. The van der Waals surface area contributed by atoms with Crippen molar-refractivity contribution >= 4 is 39.1 Å². The first kappa shape index (κ1) is 21.1. The van der Waals surface area contributed by atoms with E-state index in [1.54, 1.807) is 24.3 Å². The second kappa shape index (κ2) is 9.26. The molecule has 0 bridgehead atoms. The first-order valence-electron chi connectivity index (χ1n) is 9.18. The maximum Gasteiger partial charge on any atom is 0.421 e. The number of aromatic nitrogens is 2. The molecule has 0 amide bonds. The quantitative estimate of drug-likeness (QED) is 0.391. The summed E-state index contributed by atoms with van der Waals surface area (Å²) in [5.41, 5.74) is 1.47. The van der Waals surface area contributed by atoms with Gasteiger partial charge in [0.15, 0.2) is 0 Å². The average molecular weight is 465 g/mol. The Labute approximate surface area is 175 Å². The molecule has 0 spiro atoms. The summed E-state index contributed by atoms with van der Waals surface area (Å²) in [5.74, 6) is -0.232. The molecule has 0 aliphatic heterocycles. The highest BCUT2D eigenvalue weighted by molar-refractivity contribution is 9.10. The lowest BCUT2D eigenvalue weighted by Crippen LogP contribution is -2.12. The molecule has 3 rings (SSSR count). The number of rotatable bonds is 7. The van der Waals surface area contributed by atoms with Crippen LogP contribution in [0.3, 0.4) is 0 Å². The lowest BCUT2D eigenvalue weighted by molar-refractivity contribution is -0.137. The van der Waals surface area contributed by atoms with Crippen molar-refractivity contribution < 1.29 is 13.2 Å². The monoisotopic (exact) mass is 464 g/mol. The topological polar surface area (TPSA) is 49.8 Å². The van der Waals surface area contributed by atoms with Gasteiger partial charge >= 0.3 is 6.18 Å². The van der Waals surface area contributed by atoms with Crippen molar-refractivity contribution in [1.82, 2.24) is 9.97 Å². The fourth-order valence-electron chi connectivity index (χ4n) is 2.71. The lowest BCUT2D eigenvalue weighted by atomic mass is 10.1. The van der Waals surface area contributed by atoms with Crippen LogP contribution in [0.15, 0.2) is 59.2 Å². The fraction of sp³-hybridized carbons (Fsp3) is 0.238. The second-order valence-electron chi connectivity index (χ2n) is 6.51. The van der Waals surface area contributed by atoms with Crippen LogP contribution in [0.2, 0.25) is 0 Å². The van der Waals surface area contributed by atoms with Crippen LogP contribution < -0.4 is 10.6 Å². The molecular formula is C21H20BrF3N4. The van der Waals surface area contributed by atoms with Gasteiger partial charge in [-0.05, 0) is 48.7 Å². The van der Waals surface area contributed by atoms with Crippen molar-refractivity contribution in [3.8, 4) is 0 Å². The number of benzene rings is 2. The highest BCUT2D eigenvalue weighted by Crippen LogP contribution is 2.35. The summed E-state index contributed by atoms with van der Waals surface area (Å²) in [6, 6.07) is 14.6. The third-order valence-corrected chi connectivity index (χ3v) is 4.70. The first-order chi connectivity index (χ1) is 13.8. The summed E-state index contributed by atoms with van der Waals surface area (Å²) in [5, 5.41) is 5.70. The third kappa shape index (κ3) is 5.93. The summed E-state index contributed by atoms with van der Waals surface area (Å²) in [4.78, 5) is 7.90. The van der Waals surface area contributed by atoms with Gasteiger partial charge in [0.25, 0.3) is 0 Å². The SMILES string of the molecule is CCCCc1ccc(Nc2ncc(C(F)(F)F)c(Nc3cccc(Br)c3)n2)cc1. The molecule has 0 atom stereocenters. The van der Waals surface area contributed by atoms with Crippen molar-refractivity contribution in [3.05, 3.63) is 70.3 Å². The number of aryl methyl sites for hydroxylation is 1. The van der Waals surface area contributed by atoms with E-state index in [1.807, 2.05) is 24.3 Å². The predicted octanol–water partition coefficient (Wildman–Crippen LogP) is 7.09. The molecule has 2 N–H and O–H groups in total. The van der Waals surface area contributed by atoms with Crippen LogP contribution in [0.4, 0.5) is 36.3 Å². The molecule has 0 unspecified atom stereocenters. The Bertz CT molecular complexity index is 959. The van der Waals surface area contributed by atoms with Gasteiger partial charge in [-0.2, -0.15) is 18.2 Å². The Hall–Kier alpha value is -2.61. The van der Waals surface area contributed by atoms with Crippen molar-refractivity contribution in [2.24, 2.45) is 0 Å². The Morgan fingerprint density at radius 3 is 2.41 bits per heavy atom. The van der Waals surface area contributed by atoms with Gasteiger partial charge in [-0.3, -0.25) is 0 Å². The van der Waals surface area contributed by atoms with Gasteiger partial charge in [0, 0.05) is 22.0 Å². The normalized spacial score (nSPS) is 11.3. The second-order valence-corrected chi connectivity index (χ2v) is 7.43. The first-order valence-corrected chi connectivity index (χ1v) is 9.97. The third-order valence-electron chi connectivity index (χ3n) is 4.21. The highest BCUT2D eigenvalue weighted by atomic mass is 79.9. The van der Waals surface area contributed by atoms with Crippen molar-refractivity contribution in [2.75, 3.05) is 10.6 Å². The molecule has 2 aromatic carbocycles.